The van der Waals surface area contributed by atoms with Crippen LogP contribution in [0.15, 0.2) is 0 Å². The molecule has 0 amide bonds. The molecule has 2 nitrogen and oxygen atoms in total. The van der Waals surface area contributed by atoms with Gasteiger partial charge in [-0.1, -0.05) is 27.2 Å². The Kier molecular flexibility index (Phi) is 4.14. The third-order valence-corrected chi connectivity index (χ3v) is 4.87. The van der Waals surface area contributed by atoms with Crippen molar-refractivity contribution < 1.29 is 5.11 Å². The van der Waals surface area contributed by atoms with E-state index in [-0.39, 0.29) is 6.10 Å². The first-order valence-electron chi connectivity index (χ1n) is 7.44. The Morgan fingerprint density at radius 1 is 1.29 bits per heavy atom. The van der Waals surface area contributed by atoms with Gasteiger partial charge in [-0.25, -0.2) is 0 Å². The summed E-state index contributed by atoms with van der Waals surface area (Å²) in [5.41, 5.74) is 0.442. The molecule has 0 radical (unpaired) electrons. The number of likely N-dealkylation sites (tertiary alicyclic amines) is 1. The third kappa shape index (κ3) is 3.23. The first-order valence-corrected chi connectivity index (χ1v) is 7.44. The molecular weight excluding hydrogens is 210 g/mol. The molecule has 100 valence electrons. The number of piperidine rings is 1. The van der Waals surface area contributed by atoms with E-state index < -0.39 is 0 Å². The van der Waals surface area contributed by atoms with Crippen LogP contribution in [0.1, 0.15) is 59.3 Å². The molecule has 3 unspecified atom stereocenters. The summed E-state index contributed by atoms with van der Waals surface area (Å²) >= 11 is 0. The second-order valence-corrected chi connectivity index (χ2v) is 6.96. The minimum absolute atomic E-state index is 0.0771. The van der Waals surface area contributed by atoms with E-state index in [2.05, 4.69) is 25.7 Å². The van der Waals surface area contributed by atoms with E-state index >= 15 is 0 Å². The van der Waals surface area contributed by atoms with Gasteiger partial charge in [0, 0.05) is 12.6 Å². The van der Waals surface area contributed by atoms with Gasteiger partial charge in [-0.3, -0.25) is 4.90 Å². The molecule has 1 saturated carbocycles. The molecule has 0 aromatic carbocycles. The standard InChI is InChI=1S/C15H29NO/c1-4-12-6-7-14(17)13(10-12)16-9-5-8-15(2,3)11-16/h12-14,17H,4-11H2,1-3H3. The van der Waals surface area contributed by atoms with Crippen LogP contribution in [-0.4, -0.2) is 35.2 Å². The van der Waals surface area contributed by atoms with Crippen LogP contribution in [0.5, 0.6) is 0 Å². The zero-order valence-corrected chi connectivity index (χ0v) is 11.8. The van der Waals surface area contributed by atoms with Crippen molar-refractivity contribution >= 4 is 0 Å². The van der Waals surface area contributed by atoms with Gasteiger partial charge in [0.05, 0.1) is 6.10 Å². The van der Waals surface area contributed by atoms with Crippen molar-refractivity contribution in [2.24, 2.45) is 11.3 Å². The van der Waals surface area contributed by atoms with Crippen molar-refractivity contribution in [3.63, 3.8) is 0 Å². The molecule has 0 spiro atoms. The van der Waals surface area contributed by atoms with Crippen LogP contribution in [0.4, 0.5) is 0 Å². The Balaban J connectivity index is 1.99. The number of hydrogen-bond acceptors (Lipinski definition) is 2. The molecule has 2 fully saturated rings. The number of hydrogen-bond donors (Lipinski definition) is 1. The second kappa shape index (κ2) is 5.27. The number of rotatable bonds is 2. The molecule has 0 aromatic rings. The molecule has 0 aromatic heterocycles. The lowest BCUT2D eigenvalue weighted by Gasteiger charge is -2.46. The van der Waals surface area contributed by atoms with Crippen molar-refractivity contribution in [2.75, 3.05) is 13.1 Å². The van der Waals surface area contributed by atoms with E-state index in [9.17, 15) is 5.11 Å². The summed E-state index contributed by atoms with van der Waals surface area (Å²) in [5.74, 6) is 0.841. The summed E-state index contributed by atoms with van der Waals surface area (Å²) in [4.78, 5) is 2.58. The van der Waals surface area contributed by atoms with Gasteiger partial charge in [-0.2, -0.15) is 0 Å². The van der Waals surface area contributed by atoms with Gasteiger partial charge in [0.2, 0.25) is 0 Å². The molecule has 17 heavy (non-hydrogen) atoms. The van der Waals surface area contributed by atoms with Crippen molar-refractivity contribution in [1.82, 2.24) is 4.90 Å². The minimum atomic E-state index is -0.0771. The molecule has 1 aliphatic carbocycles. The summed E-state index contributed by atoms with van der Waals surface area (Å²) in [6.45, 7) is 9.39. The smallest absolute Gasteiger partial charge is 0.0695 e. The van der Waals surface area contributed by atoms with E-state index in [1.807, 2.05) is 0 Å². The lowest BCUT2D eigenvalue weighted by Crippen LogP contribution is -2.52. The van der Waals surface area contributed by atoms with Crippen LogP contribution in [0, 0.1) is 11.3 Å². The Morgan fingerprint density at radius 2 is 2.06 bits per heavy atom. The summed E-state index contributed by atoms with van der Waals surface area (Å²) in [5, 5.41) is 10.3. The SMILES string of the molecule is CCC1CCC(O)C(N2CCCC(C)(C)C2)C1. The second-order valence-electron chi connectivity index (χ2n) is 6.96. The van der Waals surface area contributed by atoms with Gasteiger partial charge < -0.3 is 5.11 Å². The van der Waals surface area contributed by atoms with Gasteiger partial charge >= 0.3 is 0 Å². The molecule has 2 heteroatoms. The fraction of sp³-hybridized carbons (Fsp3) is 1.00. The Hall–Kier alpha value is -0.0800. The summed E-state index contributed by atoms with van der Waals surface area (Å²) in [7, 11) is 0. The van der Waals surface area contributed by atoms with Crippen molar-refractivity contribution in [3.8, 4) is 0 Å². The van der Waals surface area contributed by atoms with Crippen LogP contribution in [-0.2, 0) is 0 Å². The van der Waals surface area contributed by atoms with E-state index in [0.29, 0.717) is 11.5 Å². The van der Waals surface area contributed by atoms with Crippen molar-refractivity contribution in [3.05, 3.63) is 0 Å². The van der Waals surface area contributed by atoms with Gasteiger partial charge in [-0.05, 0) is 50.0 Å². The van der Waals surface area contributed by atoms with E-state index in [1.54, 1.807) is 0 Å². The van der Waals surface area contributed by atoms with Crippen LogP contribution in [0.2, 0.25) is 0 Å². The molecule has 1 N–H and O–H groups in total. The summed E-state index contributed by atoms with van der Waals surface area (Å²) < 4.78 is 0. The lowest BCUT2D eigenvalue weighted by atomic mass is 9.78. The third-order valence-electron chi connectivity index (χ3n) is 4.87. The van der Waals surface area contributed by atoms with Gasteiger partial charge in [0.1, 0.15) is 0 Å². The number of aliphatic hydroxyl groups is 1. The fourth-order valence-corrected chi connectivity index (χ4v) is 3.73. The quantitative estimate of drug-likeness (QED) is 0.800. The highest BCUT2D eigenvalue weighted by atomic mass is 16.3. The van der Waals surface area contributed by atoms with Crippen LogP contribution >= 0.6 is 0 Å². The predicted molar refractivity (Wildman–Crippen MR) is 72.0 cm³/mol. The van der Waals surface area contributed by atoms with Crippen molar-refractivity contribution in [2.45, 2.75) is 71.4 Å². The van der Waals surface area contributed by atoms with E-state index in [1.165, 1.54) is 45.2 Å². The first kappa shape index (κ1) is 13.4. The molecule has 1 heterocycles. The van der Waals surface area contributed by atoms with Gasteiger partial charge in [-0.15, -0.1) is 0 Å². The molecule has 0 bridgehead atoms. The van der Waals surface area contributed by atoms with E-state index in [0.717, 1.165) is 12.3 Å². The predicted octanol–water partition coefficient (Wildman–Crippen LogP) is 3.05. The van der Waals surface area contributed by atoms with Gasteiger partial charge in [0.15, 0.2) is 0 Å². The maximum Gasteiger partial charge on any atom is 0.0695 e. The average Bonchev–Trinajstić information content (AvgIpc) is 2.28. The highest BCUT2D eigenvalue weighted by Gasteiger charge is 2.36. The first-order chi connectivity index (χ1) is 8.02. The zero-order chi connectivity index (χ0) is 12.5. The minimum Gasteiger partial charge on any atom is -0.391 e. The Bertz CT molecular complexity index is 251. The molecule has 1 saturated heterocycles. The lowest BCUT2D eigenvalue weighted by molar-refractivity contribution is -0.0274. The van der Waals surface area contributed by atoms with Crippen molar-refractivity contribution in [1.29, 1.82) is 0 Å². The van der Waals surface area contributed by atoms with Crippen LogP contribution in [0.3, 0.4) is 0 Å². The largest absolute Gasteiger partial charge is 0.391 e. The summed E-state index contributed by atoms with van der Waals surface area (Å²) in [6, 6.07) is 0.438. The van der Waals surface area contributed by atoms with Gasteiger partial charge in [0.25, 0.3) is 0 Å². The fourth-order valence-electron chi connectivity index (χ4n) is 3.73. The highest BCUT2D eigenvalue weighted by Crippen LogP contribution is 2.35. The number of nitrogens with zero attached hydrogens (tertiary/aromatic N) is 1. The average molecular weight is 239 g/mol. The Labute approximate surface area is 106 Å². The topological polar surface area (TPSA) is 23.5 Å². The number of aliphatic hydroxyl groups excluding tert-OH is 1. The molecule has 2 rings (SSSR count). The zero-order valence-electron chi connectivity index (χ0n) is 11.8. The van der Waals surface area contributed by atoms with Crippen LogP contribution in [0.25, 0.3) is 0 Å². The Morgan fingerprint density at radius 3 is 2.71 bits per heavy atom. The highest BCUT2D eigenvalue weighted by molar-refractivity contribution is 4.90. The monoisotopic (exact) mass is 239 g/mol. The normalized spacial score (nSPS) is 39.2. The maximum atomic E-state index is 10.3. The van der Waals surface area contributed by atoms with E-state index in [4.69, 9.17) is 0 Å². The van der Waals surface area contributed by atoms with Crippen LogP contribution < -0.4 is 0 Å². The summed E-state index contributed by atoms with van der Waals surface area (Å²) in [6.07, 6.45) is 7.29. The maximum absolute atomic E-state index is 10.3. The molecule has 1 aliphatic heterocycles. The molecule has 2 aliphatic rings. The molecule has 3 atom stereocenters. The molecular formula is C15H29NO.